The predicted molar refractivity (Wildman–Crippen MR) is 19.8 cm³/mol. The van der Waals surface area contributed by atoms with Crippen LogP contribution in [-0.2, 0) is 0 Å². The van der Waals surface area contributed by atoms with Gasteiger partial charge in [-0.25, -0.2) is 0 Å². The van der Waals surface area contributed by atoms with Crippen LogP contribution in [0.4, 0.5) is 0 Å². The maximum absolute atomic E-state index is 7.69. The van der Waals surface area contributed by atoms with Gasteiger partial charge < -0.3 is 0 Å². The van der Waals surface area contributed by atoms with Crippen molar-refractivity contribution < 1.29 is 0 Å². The lowest BCUT2D eigenvalue weighted by atomic mass is 10.7. The Morgan fingerprint density at radius 1 is 1.67 bits per heavy atom. The molecule has 0 fully saturated rings. The Morgan fingerprint density at radius 3 is 2.50 bits per heavy atom. The summed E-state index contributed by atoms with van der Waals surface area (Å²) in [7, 11) is 0. The van der Waals surface area contributed by atoms with Crippen LogP contribution in [-0.4, -0.2) is 0 Å². The van der Waals surface area contributed by atoms with Crippen LogP contribution in [0.15, 0.2) is 12.3 Å². The quantitative estimate of drug-likeness (QED) is 0.320. The molecule has 0 amide bonds. The van der Waals surface area contributed by atoms with Gasteiger partial charge in [-0.1, -0.05) is 0 Å². The molecule has 0 aliphatic rings. The molecule has 0 unspecified atom stereocenters. The van der Waals surface area contributed by atoms with Crippen LogP contribution < -0.4 is 0 Å². The summed E-state index contributed by atoms with van der Waals surface area (Å²) < 4.78 is 0. The fourth-order valence-electron chi connectivity index (χ4n) is 0.0667. The van der Waals surface area contributed by atoms with E-state index >= 15 is 0 Å². The molecule has 0 aromatic carbocycles. The number of hydrogen-bond acceptors (Lipinski definition) is 2. The van der Waals surface area contributed by atoms with Crippen molar-refractivity contribution >= 4 is 0 Å². The minimum absolute atomic E-state index is 1.00. The highest BCUT2D eigenvalue weighted by molar-refractivity contribution is 5.04. The second-order valence-electron chi connectivity index (χ2n) is 0.560. The van der Waals surface area contributed by atoms with Crippen molar-refractivity contribution in [3.05, 3.63) is 17.3 Å². The van der Waals surface area contributed by atoms with Crippen LogP contribution in [0.2, 0.25) is 0 Å². The van der Waals surface area contributed by atoms with Crippen molar-refractivity contribution in [1.29, 1.82) is 10.7 Å². The van der Waals surface area contributed by atoms with E-state index in [1.54, 1.807) is 6.07 Å². The van der Waals surface area contributed by atoms with Crippen molar-refractivity contribution in [2.75, 3.05) is 0 Å². The molecule has 0 aromatic rings. The van der Waals surface area contributed by atoms with Gasteiger partial charge >= 0.3 is 6.20 Å². The second kappa shape index (κ2) is 3.65. The molecule has 0 bridgehead atoms. The zero-order valence-electron chi connectivity index (χ0n) is 3.00. The maximum atomic E-state index is 7.69. The van der Waals surface area contributed by atoms with Crippen LogP contribution in [0.5, 0.6) is 0 Å². The van der Waals surface area contributed by atoms with E-state index in [9.17, 15) is 0 Å². The highest BCUT2D eigenvalue weighted by atomic mass is 14.8. The lowest BCUT2D eigenvalue weighted by Gasteiger charge is -1.33. The van der Waals surface area contributed by atoms with E-state index < -0.39 is 0 Å². The maximum Gasteiger partial charge on any atom is 0.360 e. The fourth-order valence-corrected chi connectivity index (χ4v) is 0.0667. The van der Waals surface area contributed by atoms with Crippen molar-refractivity contribution in [3.8, 4) is 6.07 Å². The topological polar surface area (TPSA) is 51.9 Å². The number of nitriles is 1. The molecule has 0 atom stereocenters. The molecule has 0 spiro atoms. The number of rotatable bonds is 0. The van der Waals surface area contributed by atoms with E-state index in [1.165, 1.54) is 0 Å². The zero-order valence-corrected chi connectivity index (χ0v) is 3.00. The minimum Gasteiger partial charge on any atom is -0.193 e. The van der Waals surface area contributed by atoms with Gasteiger partial charge in [0.25, 0.3) is 0 Å². The molecule has 3 heteroatoms. The Balaban J connectivity index is 3.36. The van der Waals surface area contributed by atoms with Crippen LogP contribution >= 0.6 is 0 Å². The van der Waals surface area contributed by atoms with Gasteiger partial charge in [0, 0.05) is 0 Å². The summed E-state index contributed by atoms with van der Waals surface area (Å²) in [6, 6.07) is 1.63. The Morgan fingerprint density at radius 2 is 2.33 bits per heavy atom. The van der Waals surface area contributed by atoms with Gasteiger partial charge in [0.2, 0.25) is 5.39 Å². The molecule has 0 heterocycles. The van der Waals surface area contributed by atoms with Gasteiger partial charge in [0.1, 0.15) is 6.08 Å². The molecule has 28 valence electrons. The van der Waals surface area contributed by atoms with Crippen molar-refractivity contribution in [1.82, 2.24) is 0 Å². The number of nitrogens with zero attached hydrogens (tertiary/aromatic N) is 3. The summed E-state index contributed by atoms with van der Waals surface area (Å²) >= 11 is 0. The third-order valence-corrected chi connectivity index (χ3v) is 0.216. The Hall–Kier alpha value is -1.35. The molecule has 3 nitrogen and oxygen atoms in total. The van der Waals surface area contributed by atoms with Gasteiger partial charge in [0.05, 0.1) is 6.07 Å². The summed E-state index contributed by atoms with van der Waals surface area (Å²) in [5.41, 5.74) is 0. The zero-order chi connectivity index (χ0) is 4.83. The van der Waals surface area contributed by atoms with Crippen molar-refractivity contribution in [2.45, 2.75) is 0 Å². The first-order valence-corrected chi connectivity index (χ1v) is 1.30. The Kier molecular flexibility index (Phi) is 2.83. The predicted octanol–water partition coefficient (Wildman–Crippen LogP) is 0.877. The third-order valence-electron chi connectivity index (χ3n) is 0.216. The van der Waals surface area contributed by atoms with Crippen molar-refractivity contribution in [3.63, 3.8) is 0 Å². The first-order chi connectivity index (χ1) is 2.91. The summed E-state index contributed by atoms with van der Waals surface area (Å²) in [5, 5.41) is 15.3. The SMILES string of the molecule is N#CC=C[N+]#N. The molecular weight excluding hydrogens is 78.1 g/mol. The fraction of sp³-hybridized carbons (Fsp3) is 0. The van der Waals surface area contributed by atoms with Crippen LogP contribution in [0.1, 0.15) is 0 Å². The second-order valence-corrected chi connectivity index (χ2v) is 0.560. The molecule has 6 heavy (non-hydrogen) atoms. The molecule has 0 aliphatic heterocycles. The Bertz CT molecular complexity index is 106. The molecular formula is C3H2N3+. The smallest absolute Gasteiger partial charge is 0.193 e. The van der Waals surface area contributed by atoms with E-state index in [0.717, 1.165) is 12.3 Å². The van der Waals surface area contributed by atoms with E-state index in [0.29, 0.717) is 0 Å². The van der Waals surface area contributed by atoms with Gasteiger partial charge in [-0.2, -0.15) is 5.26 Å². The van der Waals surface area contributed by atoms with Crippen molar-refractivity contribution in [2.24, 2.45) is 0 Å². The van der Waals surface area contributed by atoms with Gasteiger partial charge in [-0.15, -0.1) is 0 Å². The van der Waals surface area contributed by atoms with Crippen LogP contribution in [0.25, 0.3) is 4.98 Å². The molecule has 0 radical (unpaired) electrons. The van der Waals surface area contributed by atoms with E-state index in [-0.39, 0.29) is 0 Å². The summed E-state index contributed by atoms with van der Waals surface area (Å²) in [6.07, 6.45) is 2.07. The van der Waals surface area contributed by atoms with Gasteiger partial charge in [0.15, 0.2) is 4.98 Å². The van der Waals surface area contributed by atoms with E-state index in [1.807, 2.05) is 0 Å². The molecule has 0 aliphatic carbocycles. The first kappa shape index (κ1) is 4.65. The Labute approximate surface area is 35.1 Å². The lowest BCUT2D eigenvalue weighted by Crippen LogP contribution is -1.36. The average Bonchev–Trinajstić information content (AvgIpc) is 1.61. The summed E-state index contributed by atoms with van der Waals surface area (Å²) in [5.74, 6) is 0. The lowest BCUT2D eigenvalue weighted by molar-refractivity contribution is 1.46. The highest BCUT2D eigenvalue weighted by Crippen LogP contribution is 1.65. The average molecular weight is 80.1 g/mol. The van der Waals surface area contributed by atoms with Gasteiger partial charge in [-0.3, -0.25) is 0 Å². The van der Waals surface area contributed by atoms with Gasteiger partial charge in [-0.05, 0) is 0 Å². The highest BCUT2D eigenvalue weighted by Gasteiger charge is 1.69. The summed E-state index contributed by atoms with van der Waals surface area (Å²) in [6.45, 7) is 0. The standard InChI is InChI=1S/C3H2N3/c4-2-1-3-6-5/h1,3H/q+1. The third kappa shape index (κ3) is 2.65. The van der Waals surface area contributed by atoms with E-state index in [4.69, 9.17) is 10.7 Å². The normalized spacial score (nSPS) is 7.00. The number of allylic oxidation sites excluding steroid dienone is 1. The number of diazo groups is 1. The summed E-state index contributed by atoms with van der Waals surface area (Å²) in [4.78, 5) is 2.52. The molecule has 0 N–H and O–H groups in total. The van der Waals surface area contributed by atoms with Crippen LogP contribution in [0, 0.1) is 16.7 Å². The number of hydrogen-bond donors (Lipinski definition) is 0. The molecule has 0 saturated carbocycles. The van der Waals surface area contributed by atoms with Crippen LogP contribution in [0.3, 0.4) is 0 Å². The molecule has 0 saturated heterocycles. The first-order valence-electron chi connectivity index (χ1n) is 1.30. The molecule has 0 aromatic heterocycles. The minimum atomic E-state index is 1.00. The molecule has 0 rings (SSSR count). The monoisotopic (exact) mass is 80.0 g/mol. The van der Waals surface area contributed by atoms with E-state index in [2.05, 4.69) is 4.98 Å². The largest absolute Gasteiger partial charge is 0.360 e.